The number of carbonyl (C=O) groups excluding carboxylic acids is 2. The average Bonchev–Trinajstić information content (AvgIpc) is 3.00. The average molecular weight is 365 g/mol. The number of likely N-dealkylation sites (tertiary alicyclic amines) is 2. The van der Waals surface area contributed by atoms with Crippen LogP contribution in [0.1, 0.15) is 59.3 Å². The van der Waals surface area contributed by atoms with Gasteiger partial charge in [0.05, 0.1) is 0 Å². The van der Waals surface area contributed by atoms with Gasteiger partial charge in [0.1, 0.15) is 0 Å². The summed E-state index contributed by atoms with van der Waals surface area (Å²) in [7, 11) is 0. The van der Waals surface area contributed by atoms with Gasteiger partial charge in [-0.15, -0.1) is 11.8 Å². The van der Waals surface area contributed by atoms with Crippen LogP contribution in [0.4, 0.5) is 0 Å². The minimum absolute atomic E-state index is 0.190. The van der Waals surface area contributed by atoms with Gasteiger partial charge in [0.25, 0.3) is 0 Å². The first-order valence-corrected chi connectivity index (χ1v) is 10.7. The Morgan fingerprint density at radius 3 is 2.48 bits per heavy atom. The van der Waals surface area contributed by atoms with Crippen LogP contribution in [0.5, 0.6) is 0 Å². The lowest BCUT2D eigenvalue weighted by atomic mass is 9.85. The van der Waals surface area contributed by atoms with Gasteiger partial charge in [0.2, 0.25) is 11.8 Å². The third kappa shape index (κ3) is 4.60. The minimum Gasteiger partial charge on any atom is -0.343 e. The normalized spacial score (nSPS) is 27.8. The summed E-state index contributed by atoms with van der Waals surface area (Å²) in [6, 6.07) is 0. The van der Waals surface area contributed by atoms with Gasteiger partial charge in [-0.3, -0.25) is 9.59 Å². The van der Waals surface area contributed by atoms with E-state index in [1.54, 1.807) is 6.92 Å². The van der Waals surface area contributed by atoms with Gasteiger partial charge in [0.15, 0.2) is 0 Å². The number of piperidine rings is 1. The molecule has 1 atom stereocenters. The van der Waals surface area contributed by atoms with Gasteiger partial charge in [-0.25, -0.2) is 0 Å². The molecular weight excluding hydrogens is 332 g/mol. The van der Waals surface area contributed by atoms with Gasteiger partial charge < -0.3 is 9.80 Å². The lowest BCUT2D eigenvalue weighted by molar-refractivity contribution is -0.130. The molecule has 0 saturated carbocycles. The quantitative estimate of drug-likeness (QED) is 0.750. The summed E-state index contributed by atoms with van der Waals surface area (Å²) in [6.45, 7) is 9.85. The molecule has 2 amide bonds. The van der Waals surface area contributed by atoms with Gasteiger partial charge >= 0.3 is 0 Å². The number of hydrogen-bond acceptors (Lipinski definition) is 3. The third-order valence-electron chi connectivity index (χ3n) is 6.22. The van der Waals surface area contributed by atoms with E-state index >= 15 is 0 Å². The van der Waals surface area contributed by atoms with E-state index in [9.17, 15) is 9.59 Å². The molecule has 5 heteroatoms. The number of hydrogen-bond donors (Lipinski definition) is 0. The van der Waals surface area contributed by atoms with E-state index in [-0.39, 0.29) is 11.8 Å². The van der Waals surface area contributed by atoms with E-state index in [0.717, 1.165) is 63.9 Å². The van der Waals surface area contributed by atoms with Crippen LogP contribution in [-0.2, 0) is 9.59 Å². The van der Waals surface area contributed by atoms with E-state index < -0.39 is 0 Å². The number of carbonyl (C=O) groups is 2. The number of amides is 2. The summed E-state index contributed by atoms with van der Waals surface area (Å²) in [5, 5.41) is 2.65. The van der Waals surface area contributed by atoms with Crippen LogP contribution >= 0.6 is 11.8 Å². The van der Waals surface area contributed by atoms with Crippen molar-refractivity contribution < 1.29 is 9.59 Å². The maximum absolute atomic E-state index is 12.9. The van der Waals surface area contributed by atoms with Crippen LogP contribution in [0.3, 0.4) is 0 Å². The number of rotatable bonds is 2. The largest absolute Gasteiger partial charge is 0.343 e. The van der Waals surface area contributed by atoms with Gasteiger partial charge in [-0.05, 0) is 55.3 Å². The molecule has 2 saturated heterocycles. The summed E-state index contributed by atoms with van der Waals surface area (Å²) >= 11 is 1.85. The monoisotopic (exact) mass is 364 g/mol. The fraction of sp³-hybridized carbons (Fsp3) is 0.800. The molecule has 0 bridgehead atoms. The highest BCUT2D eigenvalue weighted by atomic mass is 32.2. The van der Waals surface area contributed by atoms with Gasteiger partial charge in [-0.2, -0.15) is 0 Å². The first-order chi connectivity index (χ1) is 11.9. The van der Waals surface area contributed by atoms with Crippen LogP contribution in [0.2, 0.25) is 0 Å². The standard InChI is InChI=1S/C20H32N2O2S/c1-15(23)21-10-5-16(6-11-21)18-13-17(14-25-18)19(24)22-9-4-7-20(2,3)8-12-22/h14,16,18H,4-13H2,1-3H3. The summed E-state index contributed by atoms with van der Waals surface area (Å²) in [5.74, 6) is 1.09. The van der Waals surface area contributed by atoms with Crippen molar-refractivity contribution in [1.29, 1.82) is 0 Å². The Kier molecular flexibility index (Phi) is 5.81. The molecule has 3 rings (SSSR count). The number of thioether (sulfide) groups is 1. The molecule has 0 aromatic carbocycles. The Morgan fingerprint density at radius 2 is 1.80 bits per heavy atom. The molecule has 0 aromatic heterocycles. The van der Waals surface area contributed by atoms with Crippen LogP contribution in [-0.4, -0.2) is 53.0 Å². The highest BCUT2D eigenvalue weighted by molar-refractivity contribution is 8.03. The maximum atomic E-state index is 12.9. The molecular formula is C20H32N2O2S. The van der Waals surface area contributed by atoms with Crippen molar-refractivity contribution in [1.82, 2.24) is 9.80 Å². The van der Waals surface area contributed by atoms with Crippen LogP contribution < -0.4 is 0 Å². The molecule has 1 unspecified atom stereocenters. The summed E-state index contributed by atoms with van der Waals surface area (Å²) < 4.78 is 0. The Hall–Kier alpha value is -0.970. The van der Waals surface area contributed by atoms with Gasteiger partial charge in [-0.1, -0.05) is 13.8 Å². The zero-order chi connectivity index (χ0) is 18.0. The molecule has 3 aliphatic heterocycles. The second kappa shape index (κ2) is 7.73. The van der Waals surface area contributed by atoms with Crippen molar-refractivity contribution in [2.45, 2.75) is 64.5 Å². The van der Waals surface area contributed by atoms with Gasteiger partial charge in [0, 0.05) is 43.9 Å². The second-order valence-corrected chi connectivity index (χ2v) is 9.79. The fourth-order valence-corrected chi connectivity index (χ4v) is 5.62. The maximum Gasteiger partial charge on any atom is 0.250 e. The zero-order valence-electron chi connectivity index (χ0n) is 15.9. The SMILES string of the molecule is CC(=O)N1CCC(C2CC(C(=O)N3CCCC(C)(C)CC3)=CS2)CC1. The lowest BCUT2D eigenvalue weighted by Gasteiger charge is -2.34. The summed E-state index contributed by atoms with van der Waals surface area (Å²) in [4.78, 5) is 28.4. The smallest absolute Gasteiger partial charge is 0.250 e. The van der Waals surface area contributed by atoms with E-state index in [4.69, 9.17) is 0 Å². The van der Waals surface area contributed by atoms with E-state index in [1.807, 2.05) is 16.7 Å². The summed E-state index contributed by atoms with van der Waals surface area (Å²) in [5.41, 5.74) is 1.38. The topological polar surface area (TPSA) is 40.6 Å². The number of nitrogens with zero attached hydrogens (tertiary/aromatic N) is 2. The third-order valence-corrected chi connectivity index (χ3v) is 7.54. The molecule has 0 aliphatic carbocycles. The minimum atomic E-state index is 0.190. The first kappa shape index (κ1) is 18.8. The highest BCUT2D eigenvalue weighted by Crippen LogP contribution is 2.40. The highest BCUT2D eigenvalue weighted by Gasteiger charge is 2.34. The predicted octanol–water partition coefficient (Wildman–Crippen LogP) is 3.67. The Labute approximate surface area is 156 Å². The van der Waals surface area contributed by atoms with Crippen molar-refractivity contribution in [3.63, 3.8) is 0 Å². The van der Waals surface area contributed by atoms with Crippen LogP contribution in [0.15, 0.2) is 11.0 Å². The van der Waals surface area contributed by atoms with Crippen molar-refractivity contribution in [2.75, 3.05) is 26.2 Å². The van der Waals surface area contributed by atoms with E-state index in [0.29, 0.717) is 16.6 Å². The van der Waals surface area contributed by atoms with Crippen molar-refractivity contribution in [3.8, 4) is 0 Å². The van der Waals surface area contributed by atoms with Crippen molar-refractivity contribution in [3.05, 3.63) is 11.0 Å². The molecule has 25 heavy (non-hydrogen) atoms. The Morgan fingerprint density at radius 1 is 1.08 bits per heavy atom. The molecule has 0 spiro atoms. The first-order valence-electron chi connectivity index (χ1n) is 9.75. The zero-order valence-corrected chi connectivity index (χ0v) is 16.7. The fourth-order valence-electron chi connectivity index (χ4n) is 4.31. The Balaban J connectivity index is 1.51. The van der Waals surface area contributed by atoms with E-state index in [2.05, 4.69) is 24.2 Å². The molecule has 0 aromatic rings. The van der Waals surface area contributed by atoms with Crippen LogP contribution in [0, 0.1) is 11.3 Å². The molecule has 2 fully saturated rings. The van der Waals surface area contributed by atoms with Crippen molar-refractivity contribution >= 4 is 23.6 Å². The molecule has 3 heterocycles. The van der Waals surface area contributed by atoms with Crippen LogP contribution in [0.25, 0.3) is 0 Å². The Bertz CT molecular complexity index is 550. The molecule has 0 N–H and O–H groups in total. The predicted molar refractivity (Wildman–Crippen MR) is 103 cm³/mol. The molecule has 0 radical (unpaired) electrons. The molecule has 140 valence electrons. The molecule has 4 nitrogen and oxygen atoms in total. The van der Waals surface area contributed by atoms with E-state index in [1.165, 1.54) is 6.42 Å². The lowest BCUT2D eigenvalue weighted by Crippen LogP contribution is -2.39. The van der Waals surface area contributed by atoms with Crippen molar-refractivity contribution in [2.24, 2.45) is 11.3 Å². The second-order valence-electron chi connectivity index (χ2n) is 8.68. The molecule has 3 aliphatic rings. The summed E-state index contributed by atoms with van der Waals surface area (Å²) in [6.07, 6.45) is 6.49.